The second-order valence-corrected chi connectivity index (χ2v) is 9.07. The molecule has 1 unspecified atom stereocenters. The molecule has 5 rings (SSSR count). The second-order valence-electron chi connectivity index (χ2n) is 8.01. The number of nitrogens with one attached hydrogen (secondary N) is 1. The number of aryl methyl sites for hydroxylation is 1. The number of ether oxygens (including phenoxy) is 1. The van der Waals surface area contributed by atoms with Crippen LogP contribution in [0.15, 0.2) is 30.5 Å². The number of aliphatic hydroxyl groups is 1. The highest BCUT2D eigenvalue weighted by molar-refractivity contribution is 7.15. The normalized spacial score (nSPS) is 17.2. The second kappa shape index (κ2) is 8.18. The summed E-state index contributed by atoms with van der Waals surface area (Å²) < 4.78 is 5.37. The molecule has 0 saturated carbocycles. The minimum atomic E-state index is -0.750. The summed E-state index contributed by atoms with van der Waals surface area (Å²) in [5, 5.41) is 24.4. The number of aromatic nitrogens is 1. The van der Waals surface area contributed by atoms with E-state index in [2.05, 4.69) is 10.3 Å². The van der Waals surface area contributed by atoms with Crippen molar-refractivity contribution in [3.05, 3.63) is 52.0 Å². The van der Waals surface area contributed by atoms with Gasteiger partial charge in [-0.25, -0.2) is 4.98 Å². The van der Waals surface area contributed by atoms with Crippen molar-refractivity contribution in [2.24, 2.45) is 0 Å². The van der Waals surface area contributed by atoms with Crippen LogP contribution in [0.2, 0.25) is 0 Å². The molecule has 3 heterocycles. The monoisotopic (exact) mass is 452 g/mol. The molecule has 5 N–H and O–H groups in total. The van der Waals surface area contributed by atoms with E-state index in [1.54, 1.807) is 18.3 Å². The van der Waals surface area contributed by atoms with Gasteiger partial charge in [0.05, 0.1) is 29.3 Å². The van der Waals surface area contributed by atoms with E-state index in [9.17, 15) is 15.0 Å². The van der Waals surface area contributed by atoms with Crippen molar-refractivity contribution in [2.45, 2.75) is 19.7 Å². The number of aromatic hydroxyl groups is 1. The number of benzene rings is 2. The number of amides is 1. The summed E-state index contributed by atoms with van der Waals surface area (Å²) >= 11 is 1.40. The van der Waals surface area contributed by atoms with Crippen LogP contribution in [0.5, 0.6) is 5.75 Å². The molecule has 1 fully saturated rings. The average Bonchev–Trinajstić information content (AvgIpc) is 3.44. The van der Waals surface area contributed by atoms with Crippen LogP contribution in [-0.4, -0.2) is 52.3 Å². The zero-order chi connectivity index (χ0) is 22.4. The van der Waals surface area contributed by atoms with Crippen LogP contribution in [0.3, 0.4) is 0 Å². The first-order valence-corrected chi connectivity index (χ1v) is 11.2. The Bertz CT molecular complexity index is 1200. The largest absolute Gasteiger partial charge is 0.508 e. The van der Waals surface area contributed by atoms with Gasteiger partial charge in [0, 0.05) is 37.0 Å². The van der Waals surface area contributed by atoms with Crippen LogP contribution < -0.4 is 11.1 Å². The molecule has 1 saturated heterocycles. The van der Waals surface area contributed by atoms with Crippen molar-refractivity contribution in [1.82, 2.24) is 15.2 Å². The van der Waals surface area contributed by atoms with Crippen LogP contribution >= 0.6 is 11.3 Å². The van der Waals surface area contributed by atoms with Crippen LogP contribution in [0.1, 0.15) is 32.6 Å². The number of nitrogen functional groups attached to an aromatic ring is 1. The Morgan fingerprint density at radius 3 is 2.78 bits per heavy atom. The number of phenols is 1. The molecular formula is C23H24N4O4S. The third-order valence-corrected chi connectivity index (χ3v) is 7.11. The van der Waals surface area contributed by atoms with Crippen molar-refractivity contribution in [3.8, 4) is 27.4 Å². The molecular weight excluding hydrogens is 428 g/mol. The highest BCUT2D eigenvalue weighted by Gasteiger charge is 2.30. The molecule has 0 radical (unpaired) electrons. The molecule has 0 bridgehead atoms. The number of hydrogen-bond donors (Lipinski definition) is 4. The van der Waals surface area contributed by atoms with Gasteiger partial charge in [-0.3, -0.25) is 9.69 Å². The number of aliphatic hydroxyl groups excluding tert-OH is 1. The number of carbonyl (C=O) groups is 1. The fourth-order valence-electron chi connectivity index (χ4n) is 4.29. The summed E-state index contributed by atoms with van der Waals surface area (Å²) in [7, 11) is 0. The fraction of sp³-hybridized carbons (Fsp3) is 0.304. The number of hydrogen-bond acceptors (Lipinski definition) is 8. The molecule has 1 atom stereocenters. The number of rotatable bonds is 4. The quantitative estimate of drug-likeness (QED) is 0.449. The minimum absolute atomic E-state index is 0.127. The topological polar surface area (TPSA) is 121 Å². The number of anilines is 1. The Morgan fingerprint density at radius 2 is 2.00 bits per heavy atom. The van der Waals surface area contributed by atoms with Gasteiger partial charge in [0.15, 0.2) is 0 Å². The fourth-order valence-corrected chi connectivity index (χ4v) is 5.27. The van der Waals surface area contributed by atoms with E-state index >= 15 is 0 Å². The first-order valence-electron chi connectivity index (χ1n) is 10.4. The van der Waals surface area contributed by atoms with E-state index in [1.165, 1.54) is 11.3 Å². The minimum Gasteiger partial charge on any atom is -0.508 e. The van der Waals surface area contributed by atoms with Gasteiger partial charge >= 0.3 is 0 Å². The van der Waals surface area contributed by atoms with E-state index < -0.39 is 6.23 Å². The van der Waals surface area contributed by atoms with Gasteiger partial charge in [-0.1, -0.05) is 6.07 Å². The molecule has 0 spiro atoms. The summed E-state index contributed by atoms with van der Waals surface area (Å²) in [6, 6.07) is 7.02. The molecule has 2 aromatic carbocycles. The molecule has 3 aromatic rings. The van der Waals surface area contributed by atoms with Crippen LogP contribution in [0, 0.1) is 6.92 Å². The predicted molar refractivity (Wildman–Crippen MR) is 122 cm³/mol. The maximum atomic E-state index is 12.6. The smallest absolute Gasteiger partial charge is 0.254 e. The average molecular weight is 453 g/mol. The number of carbonyl (C=O) groups excluding carboxylic acids is 1. The maximum Gasteiger partial charge on any atom is 0.254 e. The summed E-state index contributed by atoms with van der Waals surface area (Å²) in [6.45, 7) is 4.80. The maximum absolute atomic E-state index is 12.6. The summed E-state index contributed by atoms with van der Waals surface area (Å²) in [4.78, 5) is 19.9. The third-order valence-electron chi connectivity index (χ3n) is 6.04. The third kappa shape index (κ3) is 3.53. The van der Waals surface area contributed by atoms with Crippen LogP contribution in [0.4, 0.5) is 5.69 Å². The standard InChI is InChI=1S/C23H24N4O4S/c1-12-2-3-13(28)8-14(12)15-9-16(17-10-25-21(29)19(17)20(15)24)22-26-11-18(32-22)23(30)27-4-6-31-7-5-27/h2-3,8-9,11,23,28,30H,4-7,10,24H2,1H3,(H,25,29). The van der Waals surface area contributed by atoms with Crippen LogP contribution in [0.25, 0.3) is 21.7 Å². The molecule has 9 heteroatoms. The number of fused-ring (bicyclic) bond motifs is 1. The Labute approximate surface area is 189 Å². The van der Waals surface area contributed by atoms with Crippen molar-refractivity contribution in [1.29, 1.82) is 0 Å². The van der Waals surface area contributed by atoms with Gasteiger partial charge in [-0.15, -0.1) is 11.3 Å². The lowest BCUT2D eigenvalue weighted by Crippen LogP contribution is -2.38. The molecule has 0 aliphatic carbocycles. The van der Waals surface area contributed by atoms with E-state index in [-0.39, 0.29) is 11.7 Å². The van der Waals surface area contributed by atoms with Gasteiger partial charge in [-0.2, -0.15) is 0 Å². The molecule has 32 heavy (non-hydrogen) atoms. The Morgan fingerprint density at radius 1 is 1.22 bits per heavy atom. The Hall–Kier alpha value is -2.98. The molecule has 8 nitrogen and oxygen atoms in total. The number of nitrogens with zero attached hydrogens (tertiary/aromatic N) is 2. The lowest BCUT2D eigenvalue weighted by atomic mass is 9.91. The van der Waals surface area contributed by atoms with Crippen molar-refractivity contribution in [3.63, 3.8) is 0 Å². The van der Waals surface area contributed by atoms with Gasteiger partial charge in [0.1, 0.15) is 17.0 Å². The molecule has 1 amide bonds. The Kier molecular flexibility index (Phi) is 5.34. The number of morpholine rings is 1. The van der Waals surface area contributed by atoms with E-state index in [0.717, 1.165) is 27.1 Å². The van der Waals surface area contributed by atoms with Crippen molar-refractivity contribution in [2.75, 3.05) is 32.0 Å². The Balaban J connectivity index is 1.61. The zero-order valence-electron chi connectivity index (χ0n) is 17.6. The number of phenolic OH excluding ortho intramolecular Hbond substituents is 1. The summed E-state index contributed by atoms with van der Waals surface area (Å²) in [6.07, 6.45) is 0.936. The van der Waals surface area contributed by atoms with Gasteiger partial charge in [-0.05, 0) is 41.8 Å². The van der Waals surface area contributed by atoms with Crippen molar-refractivity contribution >= 4 is 22.9 Å². The highest BCUT2D eigenvalue weighted by Crippen LogP contribution is 2.43. The highest BCUT2D eigenvalue weighted by atomic mass is 32.1. The van der Waals surface area contributed by atoms with E-state index in [4.69, 9.17) is 10.5 Å². The first-order chi connectivity index (χ1) is 15.4. The number of thiazole rings is 1. The SMILES string of the molecule is Cc1ccc(O)cc1-c1cc(-c2ncc(C(O)N3CCOCC3)s2)c2c(c1N)C(=O)NC2. The molecule has 2 aliphatic rings. The predicted octanol–water partition coefficient (Wildman–Crippen LogP) is 2.64. The zero-order valence-corrected chi connectivity index (χ0v) is 18.4. The van der Waals surface area contributed by atoms with Crippen molar-refractivity contribution < 1.29 is 19.7 Å². The first kappa shape index (κ1) is 20.9. The molecule has 166 valence electrons. The summed E-state index contributed by atoms with van der Waals surface area (Å²) in [5.74, 6) is -0.0924. The molecule has 2 aliphatic heterocycles. The lowest BCUT2D eigenvalue weighted by molar-refractivity contribution is -0.0587. The van der Waals surface area contributed by atoms with Gasteiger partial charge < -0.3 is 26.0 Å². The lowest BCUT2D eigenvalue weighted by Gasteiger charge is -2.30. The van der Waals surface area contributed by atoms with Crippen LogP contribution in [-0.2, 0) is 11.3 Å². The summed E-state index contributed by atoms with van der Waals surface area (Å²) in [5.41, 5.74) is 11.3. The van der Waals surface area contributed by atoms with Gasteiger partial charge in [0.25, 0.3) is 5.91 Å². The number of nitrogens with two attached hydrogens (primary N) is 1. The van der Waals surface area contributed by atoms with E-state index in [1.807, 2.05) is 24.0 Å². The molecule has 1 aromatic heterocycles. The van der Waals surface area contributed by atoms with Gasteiger partial charge in [0.2, 0.25) is 0 Å². The van der Waals surface area contributed by atoms with E-state index in [0.29, 0.717) is 54.7 Å².